The lowest BCUT2D eigenvalue weighted by Gasteiger charge is -2.40. The average Bonchev–Trinajstić information content (AvgIpc) is 3.50. The highest BCUT2D eigenvalue weighted by Gasteiger charge is 2.44. The highest BCUT2D eigenvalue weighted by atomic mass is 16.7. The summed E-state index contributed by atoms with van der Waals surface area (Å²) in [6.07, 6.45) is 74.4. The maximum absolute atomic E-state index is 13.1. The average molecular weight is 1150 g/mol. The molecule has 1 fully saturated rings. The molecule has 1 aliphatic rings. The Morgan fingerprint density at radius 2 is 0.691 bits per heavy atom. The predicted octanol–water partition coefficient (Wildman–Crippen LogP) is 19.6. The van der Waals surface area contributed by atoms with Crippen LogP contribution in [0.3, 0.4) is 0 Å². The number of hydrogen-bond acceptors (Lipinski definition) is 8. The molecular formula is C72H139NO8. The molecule has 0 radical (unpaired) electrons. The van der Waals surface area contributed by atoms with E-state index in [0.29, 0.717) is 6.42 Å². The second kappa shape index (κ2) is 61.7. The number of carbonyl (C=O) groups is 1. The van der Waals surface area contributed by atoms with Crippen molar-refractivity contribution >= 4 is 5.91 Å². The lowest BCUT2D eigenvalue weighted by molar-refractivity contribution is -0.302. The van der Waals surface area contributed by atoms with Gasteiger partial charge in [0.15, 0.2) is 6.29 Å². The molecule has 0 aromatic carbocycles. The zero-order chi connectivity index (χ0) is 58.6. The number of hydrogen-bond donors (Lipinski definition) is 6. The topological polar surface area (TPSA) is 149 Å². The second-order valence-electron chi connectivity index (χ2n) is 25.4. The first kappa shape index (κ1) is 77.7. The lowest BCUT2D eigenvalue weighted by atomic mass is 9.99. The molecule has 0 saturated carbocycles. The van der Waals surface area contributed by atoms with Gasteiger partial charge >= 0.3 is 0 Å². The van der Waals surface area contributed by atoms with Gasteiger partial charge in [-0.3, -0.25) is 4.79 Å². The molecule has 1 aliphatic heterocycles. The molecule has 1 rings (SSSR count). The Hall–Kier alpha value is -1.33. The number of aliphatic hydroxyl groups excluding tert-OH is 5. The van der Waals surface area contributed by atoms with Crippen molar-refractivity contribution in [3.05, 3.63) is 24.3 Å². The molecule has 0 aliphatic carbocycles. The van der Waals surface area contributed by atoms with E-state index in [-0.39, 0.29) is 12.5 Å². The summed E-state index contributed by atoms with van der Waals surface area (Å²) < 4.78 is 11.3. The van der Waals surface area contributed by atoms with Crippen LogP contribution in [0, 0.1) is 0 Å². The van der Waals surface area contributed by atoms with Gasteiger partial charge in [-0.15, -0.1) is 0 Å². The van der Waals surface area contributed by atoms with Gasteiger partial charge in [0.25, 0.3) is 0 Å². The van der Waals surface area contributed by atoms with Crippen LogP contribution in [0.2, 0.25) is 0 Å². The number of amides is 1. The van der Waals surface area contributed by atoms with Crippen LogP contribution < -0.4 is 5.32 Å². The SMILES string of the molecule is CCCCCCCCCC/C=C\CCCCCCCCCCCCCCCCCCCCCCCC(=O)NC(COC1OC(CO)C(O)C(O)C1O)C(O)/C=C/CCCCCCCCCCCCCCCCCCCCCCCCC. The molecule has 0 bridgehead atoms. The summed E-state index contributed by atoms with van der Waals surface area (Å²) in [4.78, 5) is 13.1. The third kappa shape index (κ3) is 50.5. The summed E-state index contributed by atoms with van der Waals surface area (Å²) in [5, 5.41) is 54.8. The first-order valence-electron chi connectivity index (χ1n) is 36.1. The molecule has 9 nitrogen and oxygen atoms in total. The summed E-state index contributed by atoms with van der Waals surface area (Å²) >= 11 is 0. The molecule has 7 unspecified atom stereocenters. The number of unbranched alkanes of at least 4 members (excludes halogenated alkanes) is 52. The van der Waals surface area contributed by atoms with Crippen molar-refractivity contribution in [1.29, 1.82) is 0 Å². The van der Waals surface area contributed by atoms with Gasteiger partial charge in [0, 0.05) is 6.42 Å². The molecule has 6 N–H and O–H groups in total. The fourth-order valence-corrected chi connectivity index (χ4v) is 11.9. The van der Waals surface area contributed by atoms with Gasteiger partial charge in [-0.2, -0.15) is 0 Å². The van der Waals surface area contributed by atoms with E-state index in [1.807, 2.05) is 6.08 Å². The first-order valence-corrected chi connectivity index (χ1v) is 36.1. The highest BCUT2D eigenvalue weighted by molar-refractivity contribution is 5.76. The van der Waals surface area contributed by atoms with Crippen LogP contribution >= 0.6 is 0 Å². The molecule has 480 valence electrons. The van der Waals surface area contributed by atoms with E-state index in [9.17, 15) is 30.3 Å². The van der Waals surface area contributed by atoms with Crippen LogP contribution in [-0.2, 0) is 14.3 Å². The molecule has 81 heavy (non-hydrogen) atoms. The van der Waals surface area contributed by atoms with Crippen molar-refractivity contribution in [2.75, 3.05) is 13.2 Å². The normalized spacial score (nSPS) is 18.4. The summed E-state index contributed by atoms with van der Waals surface area (Å²) in [6.45, 7) is 3.84. The van der Waals surface area contributed by atoms with Crippen LogP contribution in [0.4, 0.5) is 0 Å². The zero-order valence-electron chi connectivity index (χ0n) is 53.8. The van der Waals surface area contributed by atoms with Gasteiger partial charge < -0.3 is 40.3 Å². The van der Waals surface area contributed by atoms with Crippen molar-refractivity contribution < 1.29 is 39.8 Å². The monoisotopic (exact) mass is 1150 g/mol. The summed E-state index contributed by atoms with van der Waals surface area (Å²) in [5.41, 5.74) is 0. The van der Waals surface area contributed by atoms with Crippen LogP contribution in [0.5, 0.6) is 0 Å². The number of rotatable bonds is 64. The fraction of sp³-hybridized carbons (Fsp3) is 0.931. The minimum absolute atomic E-state index is 0.168. The smallest absolute Gasteiger partial charge is 0.220 e. The van der Waals surface area contributed by atoms with E-state index in [2.05, 4.69) is 31.3 Å². The summed E-state index contributed by atoms with van der Waals surface area (Å²) in [6, 6.07) is -0.803. The highest BCUT2D eigenvalue weighted by Crippen LogP contribution is 2.24. The van der Waals surface area contributed by atoms with Crippen LogP contribution in [0.15, 0.2) is 24.3 Å². The van der Waals surface area contributed by atoms with Crippen molar-refractivity contribution in [2.24, 2.45) is 0 Å². The van der Waals surface area contributed by atoms with Gasteiger partial charge in [-0.05, 0) is 44.9 Å². The molecule has 0 aromatic rings. The molecule has 9 heteroatoms. The number of aliphatic hydroxyl groups is 5. The first-order chi connectivity index (χ1) is 39.8. The van der Waals surface area contributed by atoms with E-state index in [1.165, 1.54) is 315 Å². The number of nitrogens with one attached hydrogen (secondary N) is 1. The van der Waals surface area contributed by atoms with Gasteiger partial charge in [-0.25, -0.2) is 0 Å². The predicted molar refractivity (Wildman–Crippen MR) is 346 cm³/mol. The van der Waals surface area contributed by atoms with Crippen LogP contribution in [0.1, 0.15) is 373 Å². The Morgan fingerprint density at radius 1 is 0.407 bits per heavy atom. The maximum Gasteiger partial charge on any atom is 0.220 e. The van der Waals surface area contributed by atoms with Crippen molar-refractivity contribution in [3.8, 4) is 0 Å². The molecule has 1 heterocycles. The van der Waals surface area contributed by atoms with E-state index in [4.69, 9.17) is 9.47 Å². The van der Waals surface area contributed by atoms with E-state index < -0.39 is 49.5 Å². The van der Waals surface area contributed by atoms with Gasteiger partial charge in [-0.1, -0.05) is 346 Å². The third-order valence-corrected chi connectivity index (χ3v) is 17.5. The van der Waals surface area contributed by atoms with E-state index in [0.717, 1.165) is 38.5 Å². The minimum Gasteiger partial charge on any atom is -0.394 e. The second-order valence-corrected chi connectivity index (χ2v) is 25.4. The van der Waals surface area contributed by atoms with Crippen LogP contribution in [-0.4, -0.2) is 87.5 Å². The van der Waals surface area contributed by atoms with E-state index >= 15 is 0 Å². The van der Waals surface area contributed by atoms with E-state index in [1.54, 1.807) is 6.08 Å². The van der Waals surface area contributed by atoms with Gasteiger partial charge in [0.2, 0.25) is 5.91 Å². The fourth-order valence-electron chi connectivity index (χ4n) is 11.9. The maximum atomic E-state index is 13.1. The van der Waals surface area contributed by atoms with Gasteiger partial charge in [0.05, 0.1) is 25.4 Å². The number of carbonyl (C=O) groups excluding carboxylic acids is 1. The Kier molecular flexibility index (Phi) is 59.2. The Labute approximate surface area is 502 Å². The van der Waals surface area contributed by atoms with Crippen molar-refractivity contribution in [3.63, 3.8) is 0 Å². The molecule has 1 amide bonds. The molecule has 0 spiro atoms. The Bertz CT molecular complexity index is 1330. The van der Waals surface area contributed by atoms with Crippen molar-refractivity contribution in [2.45, 2.75) is 416 Å². The van der Waals surface area contributed by atoms with Crippen molar-refractivity contribution in [1.82, 2.24) is 5.32 Å². The van der Waals surface area contributed by atoms with Gasteiger partial charge in [0.1, 0.15) is 24.4 Å². The lowest BCUT2D eigenvalue weighted by Crippen LogP contribution is -2.60. The standard InChI is InChI=1S/C72H139NO8/c1-3-5-7-9-11-13-15-17-19-21-23-25-27-29-30-31-32-33-34-35-36-38-40-42-44-46-48-50-52-54-56-58-60-62-68(76)73-65(64-80-72-71(79)70(78)69(77)67(63-74)81-72)66(75)61-59-57-55-53-51-49-47-45-43-41-39-37-28-26-24-22-20-18-16-14-12-10-8-6-4-2/h21,23,59,61,65-67,69-72,74-75,77-79H,3-20,22,24-58,60,62-64H2,1-2H3,(H,73,76)/b23-21-,61-59+. The van der Waals surface area contributed by atoms with Crippen LogP contribution in [0.25, 0.3) is 0 Å². The minimum atomic E-state index is -1.57. The zero-order valence-corrected chi connectivity index (χ0v) is 53.8. The number of ether oxygens (including phenoxy) is 2. The Morgan fingerprint density at radius 3 is 1.00 bits per heavy atom. The quantitative estimate of drug-likeness (QED) is 0.0261. The summed E-state index contributed by atoms with van der Waals surface area (Å²) in [7, 11) is 0. The third-order valence-electron chi connectivity index (χ3n) is 17.5. The molecular weight excluding hydrogens is 1010 g/mol. The Balaban J connectivity index is 2.10. The summed E-state index contributed by atoms with van der Waals surface area (Å²) in [5.74, 6) is -0.168. The molecule has 1 saturated heterocycles. The largest absolute Gasteiger partial charge is 0.394 e. The number of allylic oxidation sites excluding steroid dienone is 3. The molecule has 7 atom stereocenters. The molecule has 0 aromatic heterocycles.